The number of hydrogen-bond donors (Lipinski definition) is 3. The van der Waals surface area contributed by atoms with Crippen molar-refractivity contribution in [2.45, 2.75) is 44.2 Å². The van der Waals surface area contributed by atoms with E-state index in [2.05, 4.69) is 5.32 Å². The Hall–Kier alpha value is -1.88. The third-order valence-electron chi connectivity index (χ3n) is 3.98. The average Bonchev–Trinajstić information content (AvgIpc) is 2.47. The van der Waals surface area contributed by atoms with Gasteiger partial charge < -0.3 is 16.2 Å². The zero-order valence-electron chi connectivity index (χ0n) is 12.0. The first kappa shape index (κ1) is 15.5. The van der Waals surface area contributed by atoms with E-state index in [0.29, 0.717) is 6.42 Å². The monoisotopic (exact) mass is 290 g/mol. The molecule has 1 aromatic carbocycles. The second kappa shape index (κ2) is 7.22. The van der Waals surface area contributed by atoms with Gasteiger partial charge in [-0.25, -0.2) is 0 Å². The molecule has 114 valence electrons. The van der Waals surface area contributed by atoms with Gasteiger partial charge in [-0.1, -0.05) is 36.8 Å². The van der Waals surface area contributed by atoms with Crippen LogP contribution in [0.2, 0.25) is 0 Å². The van der Waals surface area contributed by atoms with Gasteiger partial charge in [-0.2, -0.15) is 0 Å². The Kier molecular flexibility index (Phi) is 5.33. The van der Waals surface area contributed by atoms with Crippen LogP contribution in [0.4, 0.5) is 0 Å². The predicted octanol–water partition coefficient (Wildman–Crippen LogP) is 1.84. The fourth-order valence-electron chi connectivity index (χ4n) is 2.87. The van der Waals surface area contributed by atoms with E-state index < -0.39 is 12.0 Å². The van der Waals surface area contributed by atoms with Crippen LogP contribution >= 0.6 is 0 Å². The molecule has 1 saturated carbocycles. The standard InChI is InChI=1S/C16H22N2O3/c17-13-8-4-7-12(9-13)16(21)18-14(10-15(19)20)11-5-2-1-3-6-11/h1-3,5-6,12-14H,4,7-10,17H2,(H,18,21)(H,19,20). The summed E-state index contributed by atoms with van der Waals surface area (Å²) in [4.78, 5) is 23.4. The van der Waals surface area contributed by atoms with Gasteiger partial charge in [0.05, 0.1) is 12.5 Å². The van der Waals surface area contributed by atoms with Crippen molar-refractivity contribution in [3.05, 3.63) is 35.9 Å². The number of carbonyl (C=O) groups excluding carboxylic acids is 1. The van der Waals surface area contributed by atoms with Gasteiger partial charge >= 0.3 is 5.97 Å². The second-order valence-electron chi connectivity index (χ2n) is 5.69. The second-order valence-corrected chi connectivity index (χ2v) is 5.69. The third-order valence-corrected chi connectivity index (χ3v) is 3.98. The van der Waals surface area contributed by atoms with Crippen LogP contribution in [0.5, 0.6) is 0 Å². The Bertz CT molecular complexity index is 490. The number of aliphatic carboxylic acids is 1. The number of carboxylic acid groups (broad SMARTS) is 1. The maximum Gasteiger partial charge on any atom is 0.305 e. The smallest absolute Gasteiger partial charge is 0.305 e. The highest BCUT2D eigenvalue weighted by Gasteiger charge is 2.27. The Morgan fingerprint density at radius 3 is 2.62 bits per heavy atom. The first-order chi connectivity index (χ1) is 10.1. The van der Waals surface area contributed by atoms with E-state index in [1.54, 1.807) is 0 Å². The van der Waals surface area contributed by atoms with E-state index in [1.165, 1.54) is 0 Å². The molecule has 1 aliphatic carbocycles. The Balaban J connectivity index is 2.04. The van der Waals surface area contributed by atoms with Crippen LogP contribution in [-0.2, 0) is 9.59 Å². The minimum atomic E-state index is -0.926. The number of carboxylic acids is 1. The largest absolute Gasteiger partial charge is 0.481 e. The summed E-state index contributed by atoms with van der Waals surface area (Å²) in [5, 5.41) is 11.9. The van der Waals surface area contributed by atoms with Gasteiger partial charge in [0.2, 0.25) is 5.91 Å². The number of amides is 1. The van der Waals surface area contributed by atoms with Crippen LogP contribution in [0.15, 0.2) is 30.3 Å². The molecule has 5 nitrogen and oxygen atoms in total. The normalized spacial score (nSPS) is 23.3. The number of nitrogens with two attached hydrogens (primary N) is 1. The summed E-state index contributed by atoms with van der Waals surface area (Å²) in [7, 11) is 0. The van der Waals surface area contributed by atoms with Crippen molar-refractivity contribution < 1.29 is 14.7 Å². The van der Waals surface area contributed by atoms with Gasteiger partial charge in [0.25, 0.3) is 0 Å². The fourth-order valence-corrected chi connectivity index (χ4v) is 2.87. The zero-order chi connectivity index (χ0) is 15.2. The number of nitrogens with one attached hydrogen (secondary N) is 1. The van der Waals surface area contributed by atoms with E-state index >= 15 is 0 Å². The molecular formula is C16H22N2O3. The number of benzene rings is 1. The molecule has 0 aliphatic heterocycles. The van der Waals surface area contributed by atoms with Gasteiger partial charge in [0.15, 0.2) is 0 Å². The summed E-state index contributed by atoms with van der Waals surface area (Å²) in [6.07, 6.45) is 3.30. The van der Waals surface area contributed by atoms with Gasteiger partial charge in [-0.3, -0.25) is 9.59 Å². The van der Waals surface area contributed by atoms with Crippen LogP contribution in [-0.4, -0.2) is 23.0 Å². The first-order valence-corrected chi connectivity index (χ1v) is 7.39. The molecule has 3 atom stereocenters. The van der Waals surface area contributed by atoms with Crippen LogP contribution in [0, 0.1) is 5.92 Å². The lowest BCUT2D eigenvalue weighted by Gasteiger charge is -2.27. The molecule has 0 bridgehead atoms. The minimum Gasteiger partial charge on any atom is -0.481 e. The third kappa shape index (κ3) is 4.56. The topological polar surface area (TPSA) is 92.4 Å². The van der Waals surface area contributed by atoms with E-state index in [-0.39, 0.29) is 24.3 Å². The predicted molar refractivity (Wildman–Crippen MR) is 79.5 cm³/mol. The van der Waals surface area contributed by atoms with Crippen LogP contribution in [0.25, 0.3) is 0 Å². The highest BCUT2D eigenvalue weighted by Crippen LogP contribution is 2.25. The molecule has 1 aromatic rings. The highest BCUT2D eigenvalue weighted by atomic mass is 16.4. The molecule has 1 aliphatic rings. The van der Waals surface area contributed by atoms with E-state index in [4.69, 9.17) is 10.8 Å². The van der Waals surface area contributed by atoms with E-state index in [0.717, 1.165) is 24.8 Å². The molecule has 1 fully saturated rings. The van der Waals surface area contributed by atoms with Gasteiger partial charge in [-0.15, -0.1) is 0 Å². The van der Waals surface area contributed by atoms with Crippen LogP contribution in [0.1, 0.15) is 43.7 Å². The molecule has 0 heterocycles. The van der Waals surface area contributed by atoms with Gasteiger partial charge in [0.1, 0.15) is 0 Å². The van der Waals surface area contributed by atoms with Crippen molar-refractivity contribution in [3.8, 4) is 0 Å². The number of hydrogen-bond acceptors (Lipinski definition) is 3. The SMILES string of the molecule is NC1CCCC(C(=O)NC(CC(=O)O)c2ccccc2)C1. The summed E-state index contributed by atoms with van der Waals surface area (Å²) in [6, 6.07) is 8.79. The molecule has 1 amide bonds. The Morgan fingerprint density at radius 2 is 2.00 bits per heavy atom. The number of rotatable bonds is 5. The van der Waals surface area contributed by atoms with Crippen LogP contribution < -0.4 is 11.1 Å². The molecule has 0 saturated heterocycles. The fraction of sp³-hybridized carbons (Fsp3) is 0.500. The van der Waals surface area contributed by atoms with Crippen LogP contribution in [0.3, 0.4) is 0 Å². The average molecular weight is 290 g/mol. The Labute approximate surface area is 124 Å². The van der Waals surface area contributed by atoms with Gasteiger partial charge in [-0.05, 0) is 24.8 Å². The maximum atomic E-state index is 12.3. The molecule has 4 N–H and O–H groups in total. The highest BCUT2D eigenvalue weighted by molar-refractivity contribution is 5.80. The molecule has 0 aromatic heterocycles. The zero-order valence-corrected chi connectivity index (χ0v) is 12.0. The quantitative estimate of drug-likeness (QED) is 0.771. The lowest BCUT2D eigenvalue weighted by molar-refractivity contribution is -0.138. The molecule has 3 unspecified atom stereocenters. The van der Waals surface area contributed by atoms with Gasteiger partial charge in [0, 0.05) is 12.0 Å². The Morgan fingerprint density at radius 1 is 1.29 bits per heavy atom. The van der Waals surface area contributed by atoms with Crippen molar-refractivity contribution in [3.63, 3.8) is 0 Å². The minimum absolute atomic E-state index is 0.0733. The molecule has 0 radical (unpaired) electrons. The van der Waals surface area contributed by atoms with Crippen molar-refractivity contribution in [1.29, 1.82) is 0 Å². The summed E-state index contributed by atoms with van der Waals surface area (Å²) >= 11 is 0. The maximum absolute atomic E-state index is 12.3. The van der Waals surface area contributed by atoms with Crippen molar-refractivity contribution >= 4 is 11.9 Å². The molecule has 5 heteroatoms. The lowest BCUT2D eigenvalue weighted by Crippen LogP contribution is -2.39. The summed E-state index contributed by atoms with van der Waals surface area (Å²) < 4.78 is 0. The molecule has 0 spiro atoms. The van der Waals surface area contributed by atoms with Crippen molar-refractivity contribution in [2.24, 2.45) is 11.7 Å². The van der Waals surface area contributed by atoms with E-state index in [9.17, 15) is 9.59 Å². The van der Waals surface area contributed by atoms with E-state index in [1.807, 2.05) is 30.3 Å². The summed E-state index contributed by atoms with van der Waals surface area (Å²) in [6.45, 7) is 0. The molecule has 2 rings (SSSR count). The number of carbonyl (C=O) groups is 2. The first-order valence-electron chi connectivity index (χ1n) is 7.39. The summed E-state index contributed by atoms with van der Waals surface area (Å²) in [5.74, 6) is -1.11. The van der Waals surface area contributed by atoms with Crippen molar-refractivity contribution in [1.82, 2.24) is 5.32 Å². The summed E-state index contributed by atoms with van der Waals surface area (Å²) in [5.41, 5.74) is 6.72. The molecular weight excluding hydrogens is 268 g/mol. The van der Waals surface area contributed by atoms with Crippen molar-refractivity contribution in [2.75, 3.05) is 0 Å². The molecule has 21 heavy (non-hydrogen) atoms. The lowest BCUT2D eigenvalue weighted by atomic mass is 9.85.